The van der Waals surface area contributed by atoms with Crippen LogP contribution in [0.15, 0.2) is 42.7 Å². The van der Waals surface area contributed by atoms with Crippen LogP contribution in [0, 0.1) is 6.92 Å². The van der Waals surface area contributed by atoms with Crippen molar-refractivity contribution >= 4 is 28.5 Å². The fraction of sp³-hybridized carbons (Fsp3) is 0.250. The fourth-order valence-electron chi connectivity index (χ4n) is 3.21. The summed E-state index contributed by atoms with van der Waals surface area (Å²) in [5, 5.41) is 2.91. The van der Waals surface area contributed by atoms with Gasteiger partial charge in [0, 0.05) is 29.9 Å². The first-order valence-corrected chi connectivity index (χ1v) is 8.84. The van der Waals surface area contributed by atoms with Crippen LogP contribution in [0.4, 0.5) is 5.69 Å². The normalized spacial score (nSPS) is 14.3. The minimum Gasteiger partial charge on any atom is -0.378 e. The maximum absolute atomic E-state index is 12.8. The van der Waals surface area contributed by atoms with Gasteiger partial charge in [0.15, 0.2) is 0 Å². The molecule has 1 aliphatic rings. The second-order valence-corrected chi connectivity index (χ2v) is 6.47. The van der Waals surface area contributed by atoms with Crippen LogP contribution in [0.25, 0.3) is 11.0 Å². The summed E-state index contributed by atoms with van der Waals surface area (Å²) in [7, 11) is 0. The molecule has 7 nitrogen and oxygen atoms in total. The maximum atomic E-state index is 12.8. The summed E-state index contributed by atoms with van der Waals surface area (Å²) >= 11 is 0. The Kier molecular flexibility index (Phi) is 4.60. The third kappa shape index (κ3) is 3.41. The smallest absolute Gasteiger partial charge is 0.255 e. The Labute approximate surface area is 156 Å². The monoisotopic (exact) mass is 364 g/mol. The Balaban J connectivity index is 1.56. The lowest BCUT2D eigenvalue weighted by Crippen LogP contribution is -2.41. The number of benzene rings is 2. The van der Waals surface area contributed by atoms with Crippen molar-refractivity contribution in [3.8, 4) is 0 Å². The second kappa shape index (κ2) is 7.20. The van der Waals surface area contributed by atoms with E-state index in [0.717, 1.165) is 16.6 Å². The number of H-pyrrole nitrogens is 1. The van der Waals surface area contributed by atoms with Gasteiger partial charge in [0.2, 0.25) is 0 Å². The largest absolute Gasteiger partial charge is 0.378 e. The van der Waals surface area contributed by atoms with Gasteiger partial charge in [0.25, 0.3) is 11.8 Å². The molecule has 1 fully saturated rings. The van der Waals surface area contributed by atoms with Gasteiger partial charge in [-0.3, -0.25) is 9.59 Å². The molecule has 2 aromatic carbocycles. The molecule has 0 aliphatic carbocycles. The van der Waals surface area contributed by atoms with Crippen molar-refractivity contribution in [1.82, 2.24) is 14.9 Å². The van der Waals surface area contributed by atoms with Crippen molar-refractivity contribution in [3.05, 3.63) is 59.4 Å². The number of imidazole rings is 1. The van der Waals surface area contributed by atoms with Crippen LogP contribution in [-0.2, 0) is 4.74 Å². The Morgan fingerprint density at radius 1 is 1.19 bits per heavy atom. The van der Waals surface area contributed by atoms with Gasteiger partial charge in [-0.1, -0.05) is 6.07 Å². The van der Waals surface area contributed by atoms with E-state index < -0.39 is 0 Å². The molecule has 3 aromatic rings. The molecule has 138 valence electrons. The number of fused-ring (bicyclic) bond motifs is 1. The molecule has 1 aliphatic heterocycles. The summed E-state index contributed by atoms with van der Waals surface area (Å²) in [6.07, 6.45) is 1.59. The van der Waals surface area contributed by atoms with Gasteiger partial charge in [-0.25, -0.2) is 4.98 Å². The lowest BCUT2D eigenvalue weighted by Gasteiger charge is -2.27. The van der Waals surface area contributed by atoms with E-state index in [0.29, 0.717) is 43.1 Å². The molecule has 1 saturated heterocycles. The minimum atomic E-state index is -0.231. The fourth-order valence-corrected chi connectivity index (χ4v) is 3.21. The highest BCUT2D eigenvalue weighted by molar-refractivity contribution is 6.07. The summed E-state index contributed by atoms with van der Waals surface area (Å²) in [4.78, 5) is 34.4. The SMILES string of the molecule is Cc1c(NC(=O)c2ccc3nc[nH]c3c2)cccc1C(=O)N1CCOCC1. The molecule has 0 radical (unpaired) electrons. The Morgan fingerprint density at radius 2 is 2.00 bits per heavy atom. The van der Waals surface area contributed by atoms with Crippen molar-refractivity contribution in [1.29, 1.82) is 0 Å². The van der Waals surface area contributed by atoms with Crippen molar-refractivity contribution in [3.63, 3.8) is 0 Å². The zero-order chi connectivity index (χ0) is 18.8. The van der Waals surface area contributed by atoms with Gasteiger partial charge in [-0.15, -0.1) is 0 Å². The zero-order valence-electron chi connectivity index (χ0n) is 15.0. The number of morpholine rings is 1. The van der Waals surface area contributed by atoms with E-state index >= 15 is 0 Å². The van der Waals surface area contributed by atoms with Gasteiger partial charge in [-0.2, -0.15) is 0 Å². The first-order chi connectivity index (χ1) is 13.1. The maximum Gasteiger partial charge on any atom is 0.255 e. The average molecular weight is 364 g/mol. The van der Waals surface area contributed by atoms with E-state index in [4.69, 9.17) is 4.74 Å². The van der Waals surface area contributed by atoms with Crippen LogP contribution in [0.3, 0.4) is 0 Å². The molecule has 2 heterocycles. The predicted octanol–water partition coefficient (Wildman–Crippen LogP) is 2.60. The van der Waals surface area contributed by atoms with Gasteiger partial charge in [0.05, 0.1) is 30.6 Å². The molecule has 2 N–H and O–H groups in total. The number of rotatable bonds is 3. The van der Waals surface area contributed by atoms with Crippen LogP contribution in [-0.4, -0.2) is 53.0 Å². The second-order valence-electron chi connectivity index (χ2n) is 6.47. The quantitative estimate of drug-likeness (QED) is 0.748. The van der Waals surface area contributed by atoms with Gasteiger partial charge >= 0.3 is 0 Å². The summed E-state index contributed by atoms with van der Waals surface area (Å²) < 4.78 is 5.31. The van der Waals surface area contributed by atoms with E-state index in [1.807, 2.05) is 6.92 Å². The van der Waals surface area contributed by atoms with E-state index in [1.165, 1.54) is 0 Å². The van der Waals surface area contributed by atoms with Crippen LogP contribution in [0.1, 0.15) is 26.3 Å². The van der Waals surface area contributed by atoms with Crippen molar-refractivity contribution < 1.29 is 14.3 Å². The molecule has 0 bridgehead atoms. The van der Waals surface area contributed by atoms with Crippen molar-refractivity contribution in [2.45, 2.75) is 6.92 Å². The minimum absolute atomic E-state index is 0.0363. The molecule has 4 rings (SSSR count). The number of carbonyl (C=O) groups is 2. The van der Waals surface area contributed by atoms with Gasteiger partial charge < -0.3 is 19.9 Å². The highest BCUT2D eigenvalue weighted by Crippen LogP contribution is 2.22. The average Bonchev–Trinajstić information content (AvgIpc) is 3.17. The third-order valence-electron chi connectivity index (χ3n) is 4.79. The van der Waals surface area contributed by atoms with E-state index in [2.05, 4.69) is 15.3 Å². The Bertz CT molecular complexity index is 1010. The topological polar surface area (TPSA) is 87.3 Å². The third-order valence-corrected chi connectivity index (χ3v) is 4.79. The van der Waals surface area contributed by atoms with Gasteiger partial charge in [-0.05, 0) is 42.8 Å². The molecule has 0 saturated carbocycles. The van der Waals surface area contributed by atoms with E-state index in [9.17, 15) is 9.59 Å². The standard InChI is InChI=1S/C20H20N4O3/c1-13-15(20(26)24-7-9-27-10-8-24)3-2-4-16(13)23-19(25)14-5-6-17-18(11-14)22-12-21-17/h2-6,11-12H,7-10H2,1H3,(H,21,22)(H,23,25). The molecule has 0 unspecified atom stereocenters. The van der Waals surface area contributed by atoms with Crippen molar-refractivity contribution in [2.75, 3.05) is 31.6 Å². The number of amides is 2. The number of ether oxygens (including phenoxy) is 1. The summed E-state index contributed by atoms with van der Waals surface area (Å²) in [5.74, 6) is -0.267. The first kappa shape index (κ1) is 17.2. The molecular formula is C20H20N4O3. The number of hydrogen-bond acceptors (Lipinski definition) is 4. The first-order valence-electron chi connectivity index (χ1n) is 8.84. The van der Waals surface area contributed by atoms with Crippen molar-refractivity contribution in [2.24, 2.45) is 0 Å². The number of carbonyl (C=O) groups excluding carboxylic acids is 2. The van der Waals surface area contributed by atoms with Crippen LogP contribution in [0.5, 0.6) is 0 Å². The number of aromatic amines is 1. The molecule has 1 aromatic heterocycles. The molecule has 0 atom stereocenters. The van der Waals surface area contributed by atoms with E-state index in [1.54, 1.807) is 47.6 Å². The molecular weight excluding hydrogens is 344 g/mol. The number of nitrogens with zero attached hydrogens (tertiary/aromatic N) is 2. The summed E-state index contributed by atoms with van der Waals surface area (Å²) in [6, 6.07) is 10.7. The lowest BCUT2D eigenvalue weighted by molar-refractivity contribution is 0.0302. The highest BCUT2D eigenvalue weighted by atomic mass is 16.5. The van der Waals surface area contributed by atoms with E-state index in [-0.39, 0.29) is 11.8 Å². The predicted molar refractivity (Wildman–Crippen MR) is 102 cm³/mol. The van der Waals surface area contributed by atoms with Crippen LogP contribution in [0.2, 0.25) is 0 Å². The van der Waals surface area contributed by atoms with Gasteiger partial charge in [0.1, 0.15) is 0 Å². The molecule has 2 amide bonds. The lowest BCUT2D eigenvalue weighted by atomic mass is 10.0. The summed E-state index contributed by atoms with van der Waals surface area (Å²) in [6.45, 7) is 4.12. The Hall–Kier alpha value is -3.19. The van der Waals surface area contributed by atoms with Crippen LogP contribution < -0.4 is 5.32 Å². The highest BCUT2D eigenvalue weighted by Gasteiger charge is 2.21. The zero-order valence-corrected chi connectivity index (χ0v) is 15.0. The molecule has 7 heteroatoms. The van der Waals surface area contributed by atoms with Crippen LogP contribution >= 0.6 is 0 Å². The number of hydrogen-bond donors (Lipinski definition) is 2. The number of anilines is 1. The number of aromatic nitrogens is 2. The molecule has 27 heavy (non-hydrogen) atoms. The molecule has 0 spiro atoms. The Morgan fingerprint density at radius 3 is 2.81 bits per heavy atom. The number of nitrogens with one attached hydrogen (secondary N) is 2. The summed E-state index contributed by atoms with van der Waals surface area (Å²) in [5.41, 5.74) is 4.11.